The summed E-state index contributed by atoms with van der Waals surface area (Å²) in [6, 6.07) is 0. The Hall–Kier alpha value is 0.531. The molecule has 17 heavy (non-hydrogen) atoms. The molecule has 0 amide bonds. The lowest BCUT2D eigenvalue weighted by Gasteiger charge is -2.31. The molecular weight excluding hydrogens is 262 g/mol. The van der Waals surface area contributed by atoms with Gasteiger partial charge in [0.15, 0.2) is 25.0 Å². The fraction of sp³-hybridized carbons (Fsp3) is 1.00. The lowest BCUT2D eigenvalue weighted by molar-refractivity contribution is 0.310. The average molecular weight is 294 g/mol. The minimum Gasteiger partial charge on any atom is -0.455 e. The van der Waals surface area contributed by atoms with E-state index in [1.54, 1.807) is 0 Å². The predicted octanol–water partition coefficient (Wildman–Crippen LogP) is 3.02. The molecule has 0 aliphatic heterocycles. The van der Waals surface area contributed by atoms with Crippen LogP contribution in [0.5, 0.6) is 0 Å². The van der Waals surface area contributed by atoms with Crippen LogP contribution in [0, 0.1) is 0 Å². The van der Waals surface area contributed by atoms with E-state index in [0.29, 0.717) is 0 Å². The van der Waals surface area contributed by atoms with Gasteiger partial charge in [-0.2, -0.15) is 0 Å². The van der Waals surface area contributed by atoms with Gasteiger partial charge in [0.25, 0.3) is 0 Å². The Morgan fingerprint density at radius 3 is 1.76 bits per heavy atom. The van der Waals surface area contributed by atoms with Gasteiger partial charge < -0.3 is 13.9 Å². The van der Waals surface area contributed by atoms with E-state index in [1.165, 1.54) is 0 Å². The highest BCUT2D eigenvalue weighted by Gasteiger charge is 2.29. The molecule has 0 bridgehead atoms. The monoisotopic (exact) mass is 293 g/mol. The summed E-state index contributed by atoms with van der Waals surface area (Å²) in [5.41, 5.74) is 0. The molecule has 0 fully saturated rings. The lowest BCUT2D eigenvalue weighted by atomic mass is 10.7. The van der Waals surface area contributed by atoms with Crippen LogP contribution in [0.3, 0.4) is 0 Å². The van der Waals surface area contributed by atoms with Gasteiger partial charge in [0.2, 0.25) is 0 Å². The van der Waals surface area contributed by atoms with Crippen LogP contribution in [0.15, 0.2) is 0 Å². The van der Waals surface area contributed by atoms with Crippen molar-refractivity contribution in [2.45, 2.75) is 52.4 Å². The molecule has 1 N–H and O–H groups in total. The smallest absolute Gasteiger partial charge is 0.187 e. The van der Waals surface area contributed by atoms with Crippen LogP contribution in [0.1, 0.15) is 0 Å². The van der Waals surface area contributed by atoms with Gasteiger partial charge >= 0.3 is 0 Å². The van der Waals surface area contributed by atoms with Crippen LogP contribution in [-0.2, 0) is 8.54 Å². The summed E-state index contributed by atoms with van der Waals surface area (Å²) in [6.45, 7) is 19.8. The van der Waals surface area contributed by atoms with Crippen molar-refractivity contribution in [2.24, 2.45) is 0 Å². The van der Waals surface area contributed by atoms with Crippen molar-refractivity contribution in [3.63, 3.8) is 0 Å². The molecule has 0 atom stereocenters. The Bertz CT molecular complexity index is 222. The predicted molar refractivity (Wildman–Crippen MR) is 84.1 cm³/mol. The van der Waals surface area contributed by atoms with Crippen molar-refractivity contribution in [3.8, 4) is 0 Å². The van der Waals surface area contributed by atoms with Gasteiger partial charge in [-0.15, -0.1) is 0 Å². The number of hydrogen-bond donors (Lipinski definition) is 1. The standard InChI is InChI=1S/C11H31NO2Si3/c1-15(2,3)13-10-9-12-11-17(7,8)14-16(4,5)6/h12H,9-11H2,1-8H3. The molecule has 3 nitrogen and oxygen atoms in total. The van der Waals surface area contributed by atoms with Gasteiger partial charge in [-0.25, -0.2) is 0 Å². The largest absolute Gasteiger partial charge is 0.455 e. The molecule has 0 heterocycles. The van der Waals surface area contributed by atoms with E-state index in [1.807, 2.05) is 0 Å². The first-order chi connectivity index (χ1) is 7.41. The van der Waals surface area contributed by atoms with E-state index in [0.717, 1.165) is 19.3 Å². The van der Waals surface area contributed by atoms with Gasteiger partial charge in [-0.3, -0.25) is 0 Å². The molecule has 104 valence electrons. The first-order valence-corrected chi connectivity index (χ1v) is 16.4. The zero-order valence-electron chi connectivity index (χ0n) is 12.9. The minimum atomic E-state index is -1.53. The maximum Gasteiger partial charge on any atom is 0.187 e. The van der Waals surface area contributed by atoms with E-state index < -0.39 is 25.0 Å². The topological polar surface area (TPSA) is 30.5 Å². The van der Waals surface area contributed by atoms with Crippen LogP contribution in [0.2, 0.25) is 52.4 Å². The molecule has 6 heteroatoms. The van der Waals surface area contributed by atoms with Gasteiger partial charge in [-0.05, 0) is 52.4 Å². The second-order valence-corrected chi connectivity index (χ2v) is 20.5. The van der Waals surface area contributed by atoms with Gasteiger partial charge in [0, 0.05) is 19.3 Å². The quantitative estimate of drug-likeness (QED) is 0.551. The molecule has 0 saturated carbocycles. The molecular formula is C11H31NO2Si3. The third-order valence-electron chi connectivity index (χ3n) is 1.95. The maximum absolute atomic E-state index is 6.26. The van der Waals surface area contributed by atoms with Crippen LogP contribution in [0.25, 0.3) is 0 Å². The fourth-order valence-electron chi connectivity index (χ4n) is 1.68. The summed E-state index contributed by atoms with van der Waals surface area (Å²) in [7, 11) is -4.27. The van der Waals surface area contributed by atoms with Crippen LogP contribution >= 0.6 is 0 Å². The first kappa shape index (κ1) is 17.5. The Labute approximate surface area is 111 Å². The van der Waals surface area contributed by atoms with Crippen LogP contribution in [0.4, 0.5) is 0 Å². The number of nitrogens with one attached hydrogen (secondary N) is 1. The van der Waals surface area contributed by atoms with Gasteiger partial charge in [0.05, 0.1) is 0 Å². The second-order valence-electron chi connectivity index (χ2n) is 7.11. The van der Waals surface area contributed by atoms with E-state index >= 15 is 0 Å². The van der Waals surface area contributed by atoms with Crippen LogP contribution < -0.4 is 5.32 Å². The van der Waals surface area contributed by atoms with Crippen molar-refractivity contribution in [2.75, 3.05) is 19.3 Å². The highest BCUT2D eigenvalue weighted by Crippen LogP contribution is 2.12. The average Bonchev–Trinajstić information content (AvgIpc) is 1.95. The van der Waals surface area contributed by atoms with Crippen molar-refractivity contribution in [1.29, 1.82) is 0 Å². The Morgan fingerprint density at radius 2 is 1.35 bits per heavy atom. The minimum absolute atomic E-state index is 0.827. The summed E-state index contributed by atoms with van der Waals surface area (Å²) in [6.07, 6.45) is 1.02. The van der Waals surface area contributed by atoms with E-state index in [-0.39, 0.29) is 0 Å². The van der Waals surface area contributed by atoms with Gasteiger partial charge in [0.1, 0.15) is 0 Å². The lowest BCUT2D eigenvalue weighted by Crippen LogP contribution is -2.50. The number of rotatable bonds is 8. The third-order valence-corrected chi connectivity index (χ3v) is 8.78. The fourth-order valence-corrected chi connectivity index (χ4v) is 10.1. The van der Waals surface area contributed by atoms with Crippen molar-refractivity contribution in [1.82, 2.24) is 5.32 Å². The molecule has 0 aromatic rings. The Balaban J connectivity index is 3.74. The highest BCUT2D eigenvalue weighted by molar-refractivity contribution is 6.84. The molecule has 0 aliphatic rings. The number of hydrogen-bond acceptors (Lipinski definition) is 3. The van der Waals surface area contributed by atoms with E-state index in [2.05, 4.69) is 57.7 Å². The molecule has 0 spiro atoms. The molecule has 0 rings (SSSR count). The van der Waals surface area contributed by atoms with E-state index in [4.69, 9.17) is 8.54 Å². The second kappa shape index (κ2) is 6.63. The SMILES string of the molecule is C[Si](C)(C)OCCNC[Si](C)(C)O[Si](C)(C)C. The normalized spacial score (nSPS) is 14.1. The highest BCUT2D eigenvalue weighted by atomic mass is 28.4. The molecule has 0 radical (unpaired) electrons. The molecule has 0 saturated heterocycles. The first-order valence-electron chi connectivity index (χ1n) is 6.46. The molecule has 0 aromatic heterocycles. The summed E-state index contributed by atoms with van der Waals surface area (Å²) in [5, 5.41) is 3.48. The Morgan fingerprint density at radius 1 is 0.824 bits per heavy atom. The van der Waals surface area contributed by atoms with Crippen LogP contribution in [-0.4, -0.2) is 44.3 Å². The Kier molecular flexibility index (Phi) is 6.83. The summed E-state index contributed by atoms with van der Waals surface area (Å²) in [4.78, 5) is 0. The van der Waals surface area contributed by atoms with Crippen molar-refractivity contribution in [3.05, 3.63) is 0 Å². The summed E-state index contributed by atoms with van der Waals surface area (Å²) >= 11 is 0. The zero-order chi connectivity index (χ0) is 13.7. The molecule has 0 aliphatic carbocycles. The van der Waals surface area contributed by atoms with Gasteiger partial charge in [-0.1, -0.05) is 0 Å². The van der Waals surface area contributed by atoms with E-state index in [9.17, 15) is 0 Å². The maximum atomic E-state index is 6.26. The molecule has 0 unspecified atom stereocenters. The van der Waals surface area contributed by atoms with Crippen molar-refractivity contribution >= 4 is 25.0 Å². The summed E-state index contributed by atoms with van der Waals surface area (Å²) < 4.78 is 12.1. The molecule has 0 aromatic carbocycles. The third kappa shape index (κ3) is 12.8. The summed E-state index contributed by atoms with van der Waals surface area (Å²) in [5.74, 6) is 0. The zero-order valence-corrected chi connectivity index (χ0v) is 15.9. The van der Waals surface area contributed by atoms with Crippen molar-refractivity contribution < 1.29 is 8.54 Å².